The Morgan fingerprint density at radius 3 is 2.60 bits per heavy atom. The van der Waals surface area contributed by atoms with Gasteiger partial charge in [-0.15, -0.1) is 0 Å². The van der Waals surface area contributed by atoms with Crippen LogP contribution in [0.4, 0.5) is 5.69 Å². The highest BCUT2D eigenvalue weighted by atomic mass is 16.6. The van der Waals surface area contributed by atoms with Crippen LogP contribution in [0, 0.1) is 23.0 Å². The average Bonchev–Trinajstić information content (AvgIpc) is 2.59. The van der Waals surface area contributed by atoms with E-state index in [-0.39, 0.29) is 23.8 Å². The number of rotatable bonds is 10. The summed E-state index contributed by atoms with van der Waals surface area (Å²) in [6.07, 6.45) is 4.30. The van der Waals surface area contributed by atoms with Crippen LogP contribution < -0.4 is 5.32 Å². The van der Waals surface area contributed by atoms with Crippen molar-refractivity contribution in [3.8, 4) is 0 Å². The molecule has 1 aromatic rings. The van der Waals surface area contributed by atoms with Crippen LogP contribution >= 0.6 is 0 Å². The number of ether oxygens (including phenoxy) is 1. The summed E-state index contributed by atoms with van der Waals surface area (Å²) in [6, 6.07) is 3.96. The third-order valence-corrected chi connectivity index (χ3v) is 4.09. The first-order valence-electron chi connectivity index (χ1n) is 8.57. The Morgan fingerprint density at radius 2 is 2.04 bits per heavy atom. The van der Waals surface area contributed by atoms with Gasteiger partial charge in [0.05, 0.1) is 10.5 Å². The molecular formula is C18H26N2O5. The molecule has 0 saturated carbocycles. The van der Waals surface area contributed by atoms with Crippen molar-refractivity contribution in [3.05, 3.63) is 39.4 Å². The van der Waals surface area contributed by atoms with Gasteiger partial charge in [0.1, 0.15) is 0 Å². The van der Waals surface area contributed by atoms with Crippen LogP contribution in [0.2, 0.25) is 0 Å². The fourth-order valence-electron chi connectivity index (χ4n) is 2.45. The number of unbranched alkanes of at least 4 members (excludes halogenated alkanes) is 1. The van der Waals surface area contributed by atoms with Crippen molar-refractivity contribution in [1.82, 2.24) is 5.32 Å². The number of nitro groups is 1. The number of nitro benzene ring substituents is 1. The molecule has 1 atom stereocenters. The number of amides is 1. The third-order valence-electron chi connectivity index (χ3n) is 4.09. The molecule has 1 rings (SSSR count). The molecule has 7 heteroatoms. The summed E-state index contributed by atoms with van der Waals surface area (Å²) in [4.78, 5) is 34.0. The smallest absolute Gasteiger partial charge is 0.338 e. The molecule has 0 aliphatic rings. The van der Waals surface area contributed by atoms with Crippen molar-refractivity contribution < 1.29 is 19.2 Å². The molecule has 0 aliphatic heterocycles. The molecule has 0 radical (unpaired) electrons. The van der Waals surface area contributed by atoms with E-state index in [9.17, 15) is 19.7 Å². The van der Waals surface area contributed by atoms with Gasteiger partial charge in [-0.3, -0.25) is 14.9 Å². The van der Waals surface area contributed by atoms with Crippen LogP contribution in [0.1, 0.15) is 55.5 Å². The van der Waals surface area contributed by atoms with Gasteiger partial charge in [-0.1, -0.05) is 33.1 Å². The van der Waals surface area contributed by atoms with Gasteiger partial charge >= 0.3 is 5.97 Å². The van der Waals surface area contributed by atoms with E-state index >= 15 is 0 Å². The molecule has 0 heterocycles. The molecule has 1 aromatic carbocycles. The maximum Gasteiger partial charge on any atom is 0.338 e. The summed E-state index contributed by atoms with van der Waals surface area (Å²) in [7, 11) is 0. The fraction of sp³-hybridized carbons (Fsp3) is 0.556. The standard InChI is InChI=1S/C18H26N2O5/c1-4-6-7-14(5-2)11-19-17(21)12-25-18(22)15-8-9-16(20(23)24)13(3)10-15/h8-10,14H,4-7,11-12H2,1-3H3,(H,19,21)/t14-/m0/s1. The fourth-order valence-corrected chi connectivity index (χ4v) is 2.45. The zero-order chi connectivity index (χ0) is 18.8. The molecule has 0 aromatic heterocycles. The zero-order valence-corrected chi connectivity index (χ0v) is 15.0. The zero-order valence-electron chi connectivity index (χ0n) is 15.0. The molecule has 138 valence electrons. The monoisotopic (exact) mass is 350 g/mol. The number of carbonyl (C=O) groups is 2. The lowest BCUT2D eigenvalue weighted by molar-refractivity contribution is -0.385. The van der Waals surface area contributed by atoms with E-state index in [2.05, 4.69) is 19.2 Å². The normalized spacial score (nSPS) is 11.6. The highest BCUT2D eigenvalue weighted by molar-refractivity contribution is 5.91. The summed E-state index contributed by atoms with van der Waals surface area (Å²) in [5.41, 5.74) is 0.489. The van der Waals surface area contributed by atoms with Gasteiger partial charge in [-0.05, 0) is 31.4 Å². The summed E-state index contributed by atoms with van der Waals surface area (Å²) in [6.45, 7) is 5.97. The largest absolute Gasteiger partial charge is 0.452 e. The number of carbonyl (C=O) groups excluding carboxylic acids is 2. The number of benzene rings is 1. The van der Waals surface area contributed by atoms with Crippen LogP contribution in [0.25, 0.3) is 0 Å². The second-order valence-electron chi connectivity index (χ2n) is 6.06. The molecule has 0 fully saturated rings. The summed E-state index contributed by atoms with van der Waals surface area (Å²) < 4.78 is 4.97. The Hall–Kier alpha value is -2.44. The first kappa shape index (κ1) is 20.6. The maximum atomic E-state index is 11.9. The molecule has 25 heavy (non-hydrogen) atoms. The molecular weight excluding hydrogens is 324 g/mol. The Morgan fingerprint density at radius 1 is 1.32 bits per heavy atom. The predicted molar refractivity (Wildman–Crippen MR) is 94.4 cm³/mol. The van der Waals surface area contributed by atoms with E-state index in [0.717, 1.165) is 25.7 Å². The minimum atomic E-state index is -0.675. The van der Waals surface area contributed by atoms with Gasteiger partial charge in [-0.2, -0.15) is 0 Å². The van der Waals surface area contributed by atoms with E-state index in [1.807, 2.05) is 0 Å². The van der Waals surface area contributed by atoms with Crippen molar-refractivity contribution >= 4 is 17.6 Å². The maximum absolute atomic E-state index is 11.9. The van der Waals surface area contributed by atoms with Gasteiger partial charge in [0.25, 0.3) is 11.6 Å². The van der Waals surface area contributed by atoms with Crippen LogP contribution in [-0.2, 0) is 9.53 Å². The van der Waals surface area contributed by atoms with E-state index in [1.54, 1.807) is 6.92 Å². The van der Waals surface area contributed by atoms with Crippen molar-refractivity contribution in [2.75, 3.05) is 13.2 Å². The number of esters is 1. The molecule has 0 spiro atoms. The molecule has 1 N–H and O–H groups in total. The molecule has 0 aliphatic carbocycles. The van der Waals surface area contributed by atoms with Gasteiger partial charge in [0.2, 0.25) is 0 Å². The van der Waals surface area contributed by atoms with Crippen LogP contribution in [0.3, 0.4) is 0 Å². The van der Waals surface area contributed by atoms with Crippen LogP contribution in [0.5, 0.6) is 0 Å². The Kier molecular flexibility index (Phi) is 8.60. The quantitative estimate of drug-likeness (QED) is 0.396. The number of hydrogen-bond donors (Lipinski definition) is 1. The molecule has 0 unspecified atom stereocenters. The molecule has 0 bridgehead atoms. The molecule has 1 amide bonds. The van der Waals surface area contributed by atoms with Gasteiger partial charge in [0, 0.05) is 18.2 Å². The SMILES string of the molecule is CCCC[C@H](CC)CNC(=O)COC(=O)c1ccc([N+](=O)[O-])c(C)c1. The van der Waals surface area contributed by atoms with Gasteiger partial charge < -0.3 is 10.1 Å². The summed E-state index contributed by atoms with van der Waals surface area (Å²) in [5, 5.41) is 13.6. The Labute approximate surface area is 147 Å². The van der Waals surface area contributed by atoms with E-state index in [0.29, 0.717) is 18.0 Å². The number of hydrogen-bond acceptors (Lipinski definition) is 5. The third kappa shape index (κ3) is 6.91. The number of aryl methyl sites for hydroxylation is 1. The number of nitrogens with one attached hydrogen (secondary N) is 1. The average molecular weight is 350 g/mol. The summed E-state index contributed by atoms with van der Waals surface area (Å²) in [5.74, 6) is -0.593. The lowest BCUT2D eigenvalue weighted by atomic mass is 9.99. The molecule has 7 nitrogen and oxygen atoms in total. The Bertz CT molecular complexity index is 615. The summed E-state index contributed by atoms with van der Waals surface area (Å²) >= 11 is 0. The molecule has 0 saturated heterocycles. The van der Waals surface area contributed by atoms with Crippen molar-refractivity contribution in [3.63, 3.8) is 0 Å². The van der Waals surface area contributed by atoms with E-state index in [1.165, 1.54) is 18.2 Å². The Balaban J connectivity index is 2.46. The van der Waals surface area contributed by atoms with Crippen molar-refractivity contribution in [2.45, 2.75) is 46.5 Å². The van der Waals surface area contributed by atoms with Crippen LogP contribution in [0.15, 0.2) is 18.2 Å². The lowest BCUT2D eigenvalue weighted by Crippen LogP contribution is -2.32. The van der Waals surface area contributed by atoms with Crippen LogP contribution in [-0.4, -0.2) is 30.0 Å². The van der Waals surface area contributed by atoms with Gasteiger partial charge in [0.15, 0.2) is 6.61 Å². The second-order valence-corrected chi connectivity index (χ2v) is 6.06. The topological polar surface area (TPSA) is 98.5 Å². The predicted octanol–water partition coefficient (Wildman–Crippen LogP) is 3.39. The van der Waals surface area contributed by atoms with E-state index < -0.39 is 10.9 Å². The van der Waals surface area contributed by atoms with Gasteiger partial charge in [-0.25, -0.2) is 4.79 Å². The minimum Gasteiger partial charge on any atom is -0.452 e. The lowest BCUT2D eigenvalue weighted by Gasteiger charge is -2.15. The number of nitrogens with zero attached hydrogens (tertiary/aromatic N) is 1. The van der Waals surface area contributed by atoms with Crippen molar-refractivity contribution in [1.29, 1.82) is 0 Å². The van der Waals surface area contributed by atoms with E-state index in [4.69, 9.17) is 4.74 Å². The first-order valence-corrected chi connectivity index (χ1v) is 8.57. The minimum absolute atomic E-state index is 0.0630. The highest BCUT2D eigenvalue weighted by Gasteiger charge is 2.16. The van der Waals surface area contributed by atoms with Crippen molar-refractivity contribution in [2.24, 2.45) is 5.92 Å². The second kappa shape index (κ2) is 10.4. The highest BCUT2D eigenvalue weighted by Crippen LogP contribution is 2.19. The first-order chi connectivity index (χ1) is 11.9.